The number of hydrogen-bond acceptors (Lipinski definition) is 5. The van der Waals surface area contributed by atoms with Gasteiger partial charge in [-0.25, -0.2) is 4.79 Å². The van der Waals surface area contributed by atoms with Crippen molar-refractivity contribution in [2.24, 2.45) is 0 Å². The summed E-state index contributed by atoms with van der Waals surface area (Å²) in [6, 6.07) is 2.45. The summed E-state index contributed by atoms with van der Waals surface area (Å²) in [4.78, 5) is 34.7. The Morgan fingerprint density at radius 1 is 1.06 bits per heavy atom. The topological polar surface area (TPSA) is 73.6 Å². The van der Waals surface area contributed by atoms with E-state index in [4.69, 9.17) is 9.15 Å². The molecular weight excluding hydrogens is 212 g/mol. The minimum Gasteiger partial charge on any atom is -0.489 e. The molecule has 0 saturated heterocycles. The van der Waals surface area contributed by atoms with Crippen LogP contribution in [0.3, 0.4) is 0 Å². The molecular formula is C11H6O5. The molecule has 0 amide bonds. The van der Waals surface area contributed by atoms with Gasteiger partial charge in [0.25, 0.3) is 5.78 Å². The summed E-state index contributed by atoms with van der Waals surface area (Å²) < 4.78 is 9.83. The Labute approximate surface area is 89.3 Å². The second kappa shape index (κ2) is 2.91. The Hall–Kier alpha value is -2.17. The van der Waals surface area contributed by atoms with Crippen molar-refractivity contribution in [2.45, 2.75) is 6.42 Å². The first-order valence-electron chi connectivity index (χ1n) is 4.78. The third-order valence-electron chi connectivity index (χ3n) is 2.64. The van der Waals surface area contributed by atoms with Crippen LogP contribution in [-0.4, -0.2) is 18.2 Å². The van der Waals surface area contributed by atoms with Gasteiger partial charge in [-0.05, 0) is 6.07 Å². The molecule has 2 heterocycles. The summed E-state index contributed by atoms with van der Waals surface area (Å²) in [5.74, 6) is -0.976. The SMILES string of the molecule is O=C1C2=C(OCC2)C(=O)c2oc(=O)ccc21. The van der Waals surface area contributed by atoms with Crippen LogP contribution in [0, 0.1) is 0 Å². The van der Waals surface area contributed by atoms with Gasteiger partial charge in [0, 0.05) is 18.1 Å². The predicted octanol–water partition coefficient (Wildman–Crippen LogP) is 0.693. The summed E-state index contributed by atoms with van der Waals surface area (Å²) in [6.45, 7) is 0.320. The molecule has 2 aliphatic rings. The normalized spacial score (nSPS) is 18.2. The van der Waals surface area contributed by atoms with E-state index >= 15 is 0 Å². The quantitative estimate of drug-likeness (QED) is 0.640. The van der Waals surface area contributed by atoms with Crippen LogP contribution >= 0.6 is 0 Å². The lowest BCUT2D eigenvalue weighted by atomic mass is 9.92. The maximum absolute atomic E-state index is 11.9. The number of rotatable bonds is 0. The highest BCUT2D eigenvalue weighted by molar-refractivity contribution is 6.25. The average Bonchev–Trinajstić information content (AvgIpc) is 2.75. The largest absolute Gasteiger partial charge is 0.489 e. The number of carbonyl (C=O) groups excluding carboxylic acids is 2. The standard InChI is InChI=1S/C11H6O5/c12-7-2-1-5-8(13)6-3-4-15-10(6)9(14)11(5)16-7/h1-2H,3-4H2. The number of ether oxygens (including phenoxy) is 1. The van der Waals surface area contributed by atoms with E-state index in [0.29, 0.717) is 18.6 Å². The van der Waals surface area contributed by atoms with Crippen LogP contribution in [0.2, 0.25) is 0 Å². The maximum Gasteiger partial charge on any atom is 0.336 e. The first-order valence-corrected chi connectivity index (χ1v) is 4.78. The summed E-state index contributed by atoms with van der Waals surface area (Å²) in [5, 5.41) is 0. The average molecular weight is 218 g/mol. The summed E-state index contributed by atoms with van der Waals surface area (Å²) in [5.41, 5.74) is -0.123. The van der Waals surface area contributed by atoms with E-state index in [-0.39, 0.29) is 22.9 Å². The van der Waals surface area contributed by atoms with E-state index in [0.717, 1.165) is 6.07 Å². The molecule has 5 nitrogen and oxygen atoms in total. The first kappa shape index (κ1) is 9.08. The highest BCUT2D eigenvalue weighted by Gasteiger charge is 2.38. The minimum atomic E-state index is -0.651. The van der Waals surface area contributed by atoms with Gasteiger partial charge in [0.05, 0.1) is 12.2 Å². The molecule has 0 aromatic carbocycles. The van der Waals surface area contributed by atoms with E-state index < -0.39 is 11.4 Å². The third kappa shape index (κ3) is 1.02. The summed E-state index contributed by atoms with van der Waals surface area (Å²) in [6.07, 6.45) is 0.429. The molecule has 16 heavy (non-hydrogen) atoms. The lowest BCUT2D eigenvalue weighted by Gasteiger charge is -2.12. The zero-order valence-electron chi connectivity index (χ0n) is 8.11. The van der Waals surface area contributed by atoms with E-state index in [2.05, 4.69) is 0 Å². The molecule has 80 valence electrons. The number of fused-ring (bicyclic) bond motifs is 1. The van der Waals surface area contributed by atoms with Crippen LogP contribution in [0.25, 0.3) is 0 Å². The molecule has 0 saturated carbocycles. The van der Waals surface area contributed by atoms with Crippen molar-refractivity contribution in [1.82, 2.24) is 0 Å². The minimum absolute atomic E-state index is 0.0341. The van der Waals surface area contributed by atoms with E-state index in [1.165, 1.54) is 6.07 Å². The van der Waals surface area contributed by atoms with Crippen LogP contribution in [-0.2, 0) is 4.74 Å². The molecule has 5 heteroatoms. The van der Waals surface area contributed by atoms with Gasteiger partial charge in [-0.1, -0.05) is 0 Å². The molecule has 0 spiro atoms. The second-order valence-corrected chi connectivity index (χ2v) is 3.56. The molecule has 1 aromatic heterocycles. The van der Waals surface area contributed by atoms with Gasteiger partial charge in [-0.2, -0.15) is 0 Å². The Morgan fingerprint density at radius 3 is 2.69 bits per heavy atom. The highest BCUT2D eigenvalue weighted by Crippen LogP contribution is 2.31. The van der Waals surface area contributed by atoms with Crippen molar-refractivity contribution < 1.29 is 18.7 Å². The van der Waals surface area contributed by atoms with Crippen LogP contribution < -0.4 is 5.63 Å². The molecule has 1 aliphatic heterocycles. The van der Waals surface area contributed by atoms with Crippen LogP contribution in [0.5, 0.6) is 0 Å². The van der Waals surface area contributed by atoms with Gasteiger partial charge in [0.15, 0.2) is 17.3 Å². The second-order valence-electron chi connectivity index (χ2n) is 3.56. The predicted molar refractivity (Wildman–Crippen MR) is 51.2 cm³/mol. The first-order chi connectivity index (χ1) is 7.68. The van der Waals surface area contributed by atoms with Crippen molar-refractivity contribution in [3.63, 3.8) is 0 Å². The Balaban J connectivity index is 2.29. The molecule has 0 bridgehead atoms. The fourth-order valence-corrected chi connectivity index (χ4v) is 1.90. The van der Waals surface area contributed by atoms with E-state index in [1.807, 2.05) is 0 Å². The molecule has 0 atom stereocenters. The Bertz CT molecular complexity index is 605. The summed E-state index contributed by atoms with van der Waals surface area (Å²) in [7, 11) is 0. The van der Waals surface area contributed by atoms with Gasteiger partial charge >= 0.3 is 5.63 Å². The monoisotopic (exact) mass is 218 g/mol. The number of carbonyl (C=O) groups is 2. The van der Waals surface area contributed by atoms with Gasteiger partial charge < -0.3 is 9.15 Å². The zero-order chi connectivity index (χ0) is 11.3. The Morgan fingerprint density at radius 2 is 1.88 bits per heavy atom. The number of hydrogen-bond donors (Lipinski definition) is 0. The molecule has 0 N–H and O–H groups in total. The number of Topliss-reactive ketones (excluding diaryl/α,β-unsaturated/α-hetero) is 2. The van der Waals surface area contributed by atoms with Crippen molar-refractivity contribution in [3.8, 4) is 0 Å². The third-order valence-corrected chi connectivity index (χ3v) is 2.64. The lowest BCUT2D eigenvalue weighted by molar-refractivity contribution is 0.0882. The maximum atomic E-state index is 11.9. The van der Waals surface area contributed by atoms with Crippen molar-refractivity contribution in [2.75, 3.05) is 6.61 Å². The van der Waals surface area contributed by atoms with Gasteiger partial charge in [-0.15, -0.1) is 0 Å². The lowest BCUT2D eigenvalue weighted by Crippen LogP contribution is -2.22. The fourth-order valence-electron chi connectivity index (χ4n) is 1.90. The highest BCUT2D eigenvalue weighted by atomic mass is 16.5. The van der Waals surface area contributed by atoms with Gasteiger partial charge in [-0.3, -0.25) is 9.59 Å². The zero-order valence-corrected chi connectivity index (χ0v) is 8.11. The van der Waals surface area contributed by atoms with Gasteiger partial charge in [0.2, 0.25) is 0 Å². The smallest absolute Gasteiger partial charge is 0.336 e. The molecule has 3 rings (SSSR count). The van der Waals surface area contributed by atoms with Crippen molar-refractivity contribution >= 4 is 11.6 Å². The molecule has 1 aromatic rings. The molecule has 0 radical (unpaired) electrons. The van der Waals surface area contributed by atoms with E-state index in [9.17, 15) is 14.4 Å². The van der Waals surface area contributed by atoms with Crippen molar-refractivity contribution in [3.05, 3.63) is 45.2 Å². The Kier molecular flexibility index (Phi) is 1.65. The van der Waals surface area contributed by atoms with Crippen molar-refractivity contribution in [1.29, 1.82) is 0 Å². The number of allylic oxidation sites excluding steroid dienone is 1. The fraction of sp³-hybridized carbons (Fsp3) is 0.182. The van der Waals surface area contributed by atoms with Gasteiger partial charge in [0.1, 0.15) is 0 Å². The molecule has 0 unspecified atom stereocenters. The number of ketones is 2. The van der Waals surface area contributed by atoms with Crippen LogP contribution in [0.15, 0.2) is 32.7 Å². The van der Waals surface area contributed by atoms with E-state index in [1.54, 1.807) is 0 Å². The molecule has 1 aliphatic carbocycles. The summed E-state index contributed by atoms with van der Waals surface area (Å²) >= 11 is 0. The van der Waals surface area contributed by atoms with Crippen LogP contribution in [0.4, 0.5) is 0 Å². The van der Waals surface area contributed by atoms with Crippen LogP contribution in [0.1, 0.15) is 27.3 Å². The molecule has 0 fully saturated rings.